The summed E-state index contributed by atoms with van der Waals surface area (Å²) in [6.45, 7) is 5.14. The van der Waals surface area contributed by atoms with Crippen LogP contribution in [0.1, 0.15) is 51.9 Å². The Kier molecular flexibility index (Phi) is 13.5. The summed E-state index contributed by atoms with van der Waals surface area (Å²) in [5.74, 6) is -0.0561. The average Bonchev–Trinajstić information content (AvgIpc) is 2.95. The number of halogens is 4. The van der Waals surface area contributed by atoms with E-state index in [2.05, 4.69) is 46.0 Å². The number of hydrogen-bond acceptors (Lipinski definition) is 5. The van der Waals surface area contributed by atoms with Crippen LogP contribution in [0.3, 0.4) is 0 Å². The number of alkyl halides is 3. The van der Waals surface area contributed by atoms with Crippen LogP contribution in [0, 0.1) is 12.3 Å². The number of nitrogens with one attached hydrogen (secondary N) is 2. The molecule has 0 radical (unpaired) electrons. The highest BCUT2D eigenvalue weighted by atomic mass is 35.5. The Morgan fingerprint density at radius 3 is 2.31 bits per heavy atom. The van der Waals surface area contributed by atoms with Gasteiger partial charge < -0.3 is 26.3 Å². The Bertz CT molecular complexity index is 1340. The van der Waals surface area contributed by atoms with E-state index in [4.69, 9.17) is 21.8 Å². The Morgan fingerprint density at radius 2 is 1.74 bits per heavy atom. The highest BCUT2D eigenvalue weighted by Crippen LogP contribution is 2.34. The number of carbonyl (C=O) groups is 2. The van der Waals surface area contributed by atoms with Crippen molar-refractivity contribution in [3.63, 3.8) is 0 Å². The number of anilines is 2. The van der Waals surface area contributed by atoms with Crippen molar-refractivity contribution in [3.05, 3.63) is 93.5 Å². The first kappa shape index (κ1) is 34.3. The fraction of sp³-hybridized carbons (Fsp3) is 0.323. The summed E-state index contributed by atoms with van der Waals surface area (Å²) in [5, 5.41) is 9.50. The van der Waals surface area contributed by atoms with Gasteiger partial charge in [-0.2, -0.15) is 13.2 Å². The molecule has 0 saturated carbocycles. The Morgan fingerprint density at radius 1 is 1.07 bits per heavy atom. The summed E-state index contributed by atoms with van der Waals surface area (Å²) < 4.78 is 36.6. The number of nitrogens with zero attached hydrogens (tertiary/aromatic N) is 2. The lowest BCUT2D eigenvalue weighted by Gasteiger charge is -2.29. The lowest BCUT2D eigenvalue weighted by molar-refractivity contribution is -0.137. The first-order valence-corrected chi connectivity index (χ1v) is 13.7. The molecule has 0 aliphatic carbocycles. The highest BCUT2D eigenvalue weighted by molar-refractivity contribution is 6.31. The van der Waals surface area contributed by atoms with Gasteiger partial charge in [-0.3, -0.25) is 9.59 Å². The number of piperidine rings is 1. The van der Waals surface area contributed by atoms with E-state index in [9.17, 15) is 18.0 Å². The van der Waals surface area contributed by atoms with E-state index in [0.717, 1.165) is 54.8 Å². The number of aryl methyl sites for hydroxylation is 1. The predicted molar refractivity (Wildman–Crippen MR) is 164 cm³/mol. The molecule has 4 N–H and O–H groups in total. The van der Waals surface area contributed by atoms with Gasteiger partial charge in [-0.25, -0.2) is 0 Å². The van der Waals surface area contributed by atoms with Crippen molar-refractivity contribution in [1.82, 2.24) is 4.90 Å². The molecule has 0 spiro atoms. The number of amides is 2. The van der Waals surface area contributed by atoms with E-state index in [1.807, 2.05) is 38.4 Å². The average molecular weight is 604 g/mol. The van der Waals surface area contributed by atoms with Crippen LogP contribution in [-0.2, 0) is 17.5 Å². The van der Waals surface area contributed by atoms with Crippen LogP contribution < -0.4 is 16.0 Å². The lowest BCUT2D eigenvalue weighted by atomic mass is 10.1. The van der Waals surface area contributed by atoms with Crippen molar-refractivity contribution in [2.45, 2.75) is 38.9 Å². The molecule has 1 fully saturated rings. The third-order valence-corrected chi connectivity index (χ3v) is 6.66. The minimum atomic E-state index is -4.46. The maximum absolute atomic E-state index is 12.7. The summed E-state index contributed by atoms with van der Waals surface area (Å²) in [7, 11) is 4.06. The molecule has 4 rings (SSSR count). The smallest absolute Gasteiger partial charge is 0.372 e. The van der Waals surface area contributed by atoms with Gasteiger partial charge in [0.25, 0.3) is 5.91 Å². The summed E-state index contributed by atoms with van der Waals surface area (Å²) in [6.07, 6.45) is 0.486. The topological polar surface area (TPSA) is 103 Å². The molecule has 0 bridgehead atoms. The van der Waals surface area contributed by atoms with Gasteiger partial charge in [0.2, 0.25) is 6.41 Å². The van der Waals surface area contributed by atoms with Crippen LogP contribution in [0.4, 0.5) is 24.5 Å². The van der Waals surface area contributed by atoms with Crippen LogP contribution in [0.2, 0.25) is 5.02 Å². The van der Waals surface area contributed by atoms with Crippen molar-refractivity contribution in [2.75, 3.05) is 37.4 Å². The summed E-state index contributed by atoms with van der Waals surface area (Å²) >= 11 is 5.34. The molecular weight excluding hydrogens is 567 g/mol. The molecule has 0 aromatic heterocycles. The molecule has 226 valence electrons. The maximum Gasteiger partial charge on any atom is 0.417 e. The zero-order chi connectivity index (χ0) is 31.3. The van der Waals surface area contributed by atoms with Gasteiger partial charge in [0.15, 0.2) is 0 Å². The van der Waals surface area contributed by atoms with E-state index in [-0.39, 0.29) is 22.9 Å². The van der Waals surface area contributed by atoms with Gasteiger partial charge in [0.1, 0.15) is 0 Å². The SMILES string of the molecule is Cc1cc(N2CCCCC2)ccc1NC(=O)c1cccc(CN(C)C)c1.N=Cc1ccc(Cl)c(C(F)(F)F)c1.NC=O. The predicted octanol–water partition coefficient (Wildman–Crippen LogP) is 6.76. The zero-order valence-corrected chi connectivity index (χ0v) is 24.7. The molecule has 7 nitrogen and oxygen atoms in total. The number of primary amides is 1. The second kappa shape index (κ2) is 16.5. The maximum atomic E-state index is 12.7. The monoisotopic (exact) mass is 603 g/mol. The van der Waals surface area contributed by atoms with Crippen LogP contribution in [-0.4, -0.2) is 50.6 Å². The number of carbonyl (C=O) groups excluding carboxylic acids is 2. The molecule has 0 atom stereocenters. The van der Waals surface area contributed by atoms with E-state index in [0.29, 0.717) is 5.56 Å². The second-order valence-corrected chi connectivity index (χ2v) is 10.4. The van der Waals surface area contributed by atoms with Crippen LogP contribution in [0.15, 0.2) is 60.7 Å². The minimum Gasteiger partial charge on any atom is -0.372 e. The molecule has 3 aromatic rings. The van der Waals surface area contributed by atoms with E-state index in [1.54, 1.807) is 0 Å². The molecule has 1 saturated heterocycles. The van der Waals surface area contributed by atoms with Crippen LogP contribution in [0.5, 0.6) is 0 Å². The molecule has 2 amide bonds. The Labute approximate surface area is 250 Å². The van der Waals surface area contributed by atoms with Gasteiger partial charge >= 0.3 is 6.18 Å². The van der Waals surface area contributed by atoms with Crippen LogP contribution in [0.25, 0.3) is 0 Å². The van der Waals surface area contributed by atoms with E-state index >= 15 is 0 Å². The van der Waals surface area contributed by atoms with Gasteiger partial charge in [-0.05, 0) is 99.4 Å². The molecule has 42 heavy (non-hydrogen) atoms. The molecule has 0 unspecified atom stereocenters. The molecule has 11 heteroatoms. The van der Waals surface area contributed by atoms with Crippen molar-refractivity contribution in [2.24, 2.45) is 5.73 Å². The quantitative estimate of drug-likeness (QED) is 0.214. The van der Waals surface area contributed by atoms with Gasteiger partial charge in [-0.15, -0.1) is 0 Å². The van der Waals surface area contributed by atoms with Crippen molar-refractivity contribution in [3.8, 4) is 0 Å². The fourth-order valence-electron chi connectivity index (χ4n) is 4.36. The second-order valence-electron chi connectivity index (χ2n) is 9.96. The number of rotatable bonds is 6. The molecule has 1 aliphatic heterocycles. The molecule has 1 heterocycles. The fourth-order valence-corrected chi connectivity index (χ4v) is 4.58. The standard InChI is InChI=1S/C22H29N3O.C8H5ClF3N.CH3NO/c1-17-14-20(25-12-5-4-6-13-25)10-11-21(17)23-22(26)19-9-7-8-18(15-19)16-24(2)3;9-7-2-1-5(4-13)3-6(7)8(10,11)12;2-1-3/h7-11,14-15H,4-6,12-13,16H2,1-3H3,(H,23,26);1-4,13H;1H,(H2,2,3). The highest BCUT2D eigenvalue weighted by Gasteiger charge is 2.33. The summed E-state index contributed by atoms with van der Waals surface area (Å²) in [6, 6.07) is 17.5. The third-order valence-electron chi connectivity index (χ3n) is 6.33. The first-order chi connectivity index (χ1) is 19.9. The molecule has 1 aliphatic rings. The largest absolute Gasteiger partial charge is 0.417 e. The Hall–Kier alpha value is -3.89. The normalized spacial score (nSPS) is 12.8. The Balaban J connectivity index is 0.000000322. The third kappa shape index (κ3) is 10.8. The van der Waals surface area contributed by atoms with Crippen LogP contribution >= 0.6 is 11.6 Å². The summed E-state index contributed by atoms with van der Waals surface area (Å²) in [5.41, 5.74) is 8.52. The summed E-state index contributed by atoms with van der Waals surface area (Å²) in [4.78, 5) is 25.8. The van der Waals surface area contributed by atoms with Crippen molar-refractivity contribution >= 4 is 41.5 Å². The number of hydrogen-bond donors (Lipinski definition) is 3. The van der Waals surface area contributed by atoms with Gasteiger partial charge in [0, 0.05) is 42.8 Å². The molecule has 3 aromatic carbocycles. The minimum absolute atomic E-state index is 0.0561. The lowest BCUT2D eigenvalue weighted by Crippen LogP contribution is -2.29. The van der Waals surface area contributed by atoms with E-state index < -0.39 is 11.7 Å². The first-order valence-electron chi connectivity index (χ1n) is 13.3. The zero-order valence-electron chi connectivity index (χ0n) is 24.0. The number of nitrogens with two attached hydrogens (primary N) is 1. The van der Waals surface area contributed by atoms with Gasteiger partial charge in [-0.1, -0.05) is 29.8 Å². The van der Waals surface area contributed by atoms with Crippen molar-refractivity contribution in [1.29, 1.82) is 5.41 Å². The molecular formula is C31H37ClF3N5O2. The number of benzene rings is 3. The van der Waals surface area contributed by atoms with E-state index in [1.165, 1.54) is 31.0 Å². The van der Waals surface area contributed by atoms with Gasteiger partial charge in [0.05, 0.1) is 10.6 Å². The van der Waals surface area contributed by atoms with Crippen molar-refractivity contribution < 1.29 is 22.8 Å².